The van der Waals surface area contributed by atoms with Gasteiger partial charge >= 0.3 is 0 Å². The Balaban J connectivity index is 2.26. The summed E-state index contributed by atoms with van der Waals surface area (Å²) < 4.78 is 0. The lowest BCUT2D eigenvalue weighted by atomic mass is 10.0. The van der Waals surface area contributed by atoms with Crippen LogP contribution in [0.4, 0.5) is 5.95 Å². The van der Waals surface area contributed by atoms with Crippen LogP contribution >= 0.6 is 0 Å². The van der Waals surface area contributed by atoms with Gasteiger partial charge in [-0.3, -0.25) is 9.78 Å². The van der Waals surface area contributed by atoms with E-state index in [0.717, 1.165) is 18.7 Å². The van der Waals surface area contributed by atoms with E-state index in [1.807, 2.05) is 0 Å². The fraction of sp³-hybridized carbons (Fsp3) is 0.556. The van der Waals surface area contributed by atoms with Crippen LogP contribution < -0.4 is 16.6 Å². The van der Waals surface area contributed by atoms with Crippen molar-refractivity contribution in [2.24, 2.45) is 0 Å². The third-order valence-corrected chi connectivity index (χ3v) is 2.45. The van der Waals surface area contributed by atoms with Gasteiger partial charge in [-0.05, 0) is 19.4 Å². The topological polar surface area (TPSA) is 83.8 Å². The normalized spacial score (nSPS) is 22.1. The predicted molar refractivity (Wildman–Crippen MR) is 53.9 cm³/mol. The molecule has 0 spiro atoms. The van der Waals surface area contributed by atoms with Crippen molar-refractivity contribution in [3.63, 3.8) is 0 Å². The van der Waals surface area contributed by atoms with Crippen LogP contribution in [-0.4, -0.2) is 16.5 Å². The van der Waals surface area contributed by atoms with Gasteiger partial charge in [0, 0.05) is 12.1 Å². The molecule has 0 aliphatic carbocycles. The summed E-state index contributed by atoms with van der Waals surface area (Å²) in [6, 6.07) is 1.70. The monoisotopic (exact) mass is 194 g/mol. The fourth-order valence-corrected chi connectivity index (χ4v) is 1.78. The molecular weight excluding hydrogens is 180 g/mol. The number of hydrogen-bond acceptors (Lipinski definition) is 4. The number of nitrogens with one attached hydrogen (secondary N) is 2. The molecule has 1 unspecified atom stereocenters. The molecule has 1 saturated heterocycles. The minimum atomic E-state index is -0.181. The van der Waals surface area contributed by atoms with E-state index in [0.29, 0.717) is 0 Å². The second-order valence-electron chi connectivity index (χ2n) is 3.56. The zero-order valence-electron chi connectivity index (χ0n) is 7.92. The Morgan fingerprint density at radius 1 is 1.50 bits per heavy atom. The van der Waals surface area contributed by atoms with Gasteiger partial charge < -0.3 is 11.1 Å². The SMILES string of the molecule is Nc1nc(C2CCCCN2)cc(=O)[nH]1. The van der Waals surface area contributed by atoms with Crippen molar-refractivity contribution >= 4 is 5.95 Å². The fourth-order valence-electron chi connectivity index (χ4n) is 1.78. The molecule has 1 fully saturated rings. The van der Waals surface area contributed by atoms with Crippen LogP contribution in [0.5, 0.6) is 0 Å². The summed E-state index contributed by atoms with van der Waals surface area (Å²) >= 11 is 0. The molecule has 76 valence electrons. The molecule has 0 saturated carbocycles. The highest BCUT2D eigenvalue weighted by atomic mass is 16.1. The average Bonchev–Trinajstić information content (AvgIpc) is 2.18. The van der Waals surface area contributed by atoms with Crippen LogP contribution in [0.1, 0.15) is 31.0 Å². The molecule has 1 aliphatic heterocycles. The summed E-state index contributed by atoms with van der Waals surface area (Å²) in [5.74, 6) is 0.194. The summed E-state index contributed by atoms with van der Waals surface area (Å²) in [5, 5.41) is 3.32. The number of nitrogen functional groups attached to an aromatic ring is 1. The minimum absolute atomic E-state index is 0.181. The van der Waals surface area contributed by atoms with Crippen molar-refractivity contribution in [2.75, 3.05) is 12.3 Å². The molecule has 5 nitrogen and oxygen atoms in total. The number of anilines is 1. The van der Waals surface area contributed by atoms with Crippen molar-refractivity contribution in [3.05, 3.63) is 22.1 Å². The highest BCUT2D eigenvalue weighted by molar-refractivity contribution is 5.19. The van der Waals surface area contributed by atoms with Gasteiger partial charge in [0.15, 0.2) is 0 Å². The summed E-state index contributed by atoms with van der Waals surface area (Å²) in [6.07, 6.45) is 3.39. The van der Waals surface area contributed by atoms with Gasteiger partial charge in [0.25, 0.3) is 5.56 Å². The third-order valence-electron chi connectivity index (χ3n) is 2.45. The number of H-pyrrole nitrogens is 1. The lowest BCUT2D eigenvalue weighted by Crippen LogP contribution is -2.29. The zero-order chi connectivity index (χ0) is 9.97. The predicted octanol–water partition coefficient (Wildman–Crippen LogP) is 0.167. The second-order valence-corrected chi connectivity index (χ2v) is 3.56. The van der Waals surface area contributed by atoms with Crippen LogP contribution in [0.3, 0.4) is 0 Å². The van der Waals surface area contributed by atoms with Gasteiger partial charge in [-0.2, -0.15) is 0 Å². The lowest BCUT2D eigenvalue weighted by molar-refractivity contribution is 0.405. The molecule has 5 heteroatoms. The van der Waals surface area contributed by atoms with Crippen molar-refractivity contribution < 1.29 is 0 Å². The summed E-state index contributed by atoms with van der Waals surface area (Å²) in [7, 11) is 0. The largest absolute Gasteiger partial charge is 0.369 e. The van der Waals surface area contributed by atoms with E-state index in [9.17, 15) is 4.79 Å². The summed E-state index contributed by atoms with van der Waals surface area (Å²) in [5.41, 5.74) is 6.05. The van der Waals surface area contributed by atoms with E-state index < -0.39 is 0 Å². The van der Waals surface area contributed by atoms with Crippen molar-refractivity contribution in [3.8, 4) is 0 Å². The number of aromatic nitrogens is 2. The highest BCUT2D eigenvalue weighted by Gasteiger charge is 2.16. The number of nitrogens with zero attached hydrogens (tertiary/aromatic N) is 1. The van der Waals surface area contributed by atoms with Gasteiger partial charge in [-0.25, -0.2) is 4.98 Å². The number of piperidine rings is 1. The first kappa shape index (κ1) is 9.21. The van der Waals surface area contributed by atoms with Crippen LogP contribution in [0.15, 0.2) is 10.9 Å². The highest BCUT2D eigenvalue weighted by Crippen LogP contribution is 2.20. The molecule has 1 aliphatic rings. The molecule has 2 heterocycles. The van der Waals surface area contributed by atoms with Crippen LogP contribution in [-0.2, 0) is 0 Å². The summed E-state index contributed by atoms with van der Waals surface area (Å²) in [6.45, 7) is 0.985. The van der Waals surface area contributed by atoms with Crippen molar-refractivity contribution in [1.82, 2.24) is 15.3 Å². The van der Waals surface area contributed by atoms with Gasteiger partial charge in [0.2, 0.25) is 5.95 Å². The number of nitrogens with two attached hydrogens (primary N) is 1. The average molecular weight is 194 g/mol. The minimum Gasteiger partial charge on any atom is -0.369 e. The van der Waals surface area contributed by atoms with E-state index in [1.165, 1.54) is 18.9 Å². The maximum absolute atomic E-state index is 11.2. The van der Waals surface area contributed by atoms with E-state index in [4.69, 9.17) is 5.73 Å². The van der Waals surface area contributed by atoms with Gasteiger partial charge in [0.1, 0.15) is 0 Å². The quantitative estimate of drug-likeness (QED) is 0.595. The number of hydrogen-bond donors (Lipinski definition) is 3. The Kier molecular flexibility index (Phi) is 2.49. The molecule has 2 rings (SSSR count). The van der Waals surface area contributed by atoms with Gasteiger partial charge in [0.05, 0.1) is 5.69 Å². The molecule has 1 aromatic heterocycles. The first-order chi connectivity index (χ1) is 6.75. The van der Waals surface area contributed by atoms with Crippen LogP contribution in [0.2, 0.25) is 0 Å². The molecule has 0 aromatic carbocycles. The molecule has 14 heavy (non-hydrogen) atoms. The maximum atomic E-state index is 11.2. The zero-order valence-corrected chi connectivity index (χ0v) is 7.92. The molecular formula is C9H14N4O. The molecule has 0 bridgehead atoms. The van der Waals surface area contributed by atoms with Gasteiger partial charge in [-0.15, -0.1) is 0 Å². The molecule has 0 amide bonds. The van der Waals surface area contributed by atoms with Crippen LogP contribution in [0.25, 0.3) is 0 Å². The maximum Gasteiger partial charge on any atom is 0.252 e. The summed E-state index contributed by atoms with van der Waals surface area (Å²) in [4.78, 5) is 17.7. The Hall–Kier alpha value is -1.36. The van der Waals surface area contributed by atoms with Crippen molar-refractivity contribution in [1.29, 1.82) is 0 Å². The Bertz CT molecular complexity index is 367. The number of aromatic amines is 1. The Labute approximate surface area is 81.7 Å². The standard InChI is InChI=1S/C9H14N4O/c10-9-12-7(5-8(14)13-9)6-3-1-2-4-11-6/h5-6,11H,1-4H2,(H3,10,12,13,14). The van der Waals surface area contributed by atoms with Crippen LogP contribution in [0, 0.1) is 0 Å². The molecule has 1 aromatic rings. The van der Waals surface area contributed by atoms with E-state index in [2.05, 4.69) is 15.3 Å². The Morgan fingerprint density at radius 2 is 2.36 bits per heavy atom. The molecule has 1 atom stereocenters. The van der Waals surface area contributed by atoms with Gasteiger partial charge in [-0.1, -0.05) is 6.42 Å². The van der Waals surface area contributed by atoms with E-state index >= 15 is 0 Å². The lowest BCUT2D eigenvalue weighted by Gasteiger charge is -2.22. The second kappa shape index (κ2) is 3.79. The smallest absolute Gasteiger partial charge is 0.252 e. The molecule has 0 radical (unpaired) electrons. The Morgan fingerprint density at radius 3 is 3.00 bits per heavy atom. The van der Waals surface area contributed by atoms with E-state index in [-0.39, 0.29) is 17.5 Å². The first-order valence-electron chi connectivity index (χ1n) is 4.86. The van der Waals surface area contributed by atoms with E-state index in [1.54, 1.807) is 0 Å². The third kappa shape index (κ3) is 1.93. The number of rotatable bonds is 1. The molecule has 4 N–H and O–H groups in total. The first-order valence-corrected chi connectivity index (χ1v) is 4.86. The van der Waals surface area contributed by atoms with Crippen molar-refractivity contribution in [2.45, 2.75) is 25.3 Å².